The van der Waals surface area contributed by atoms with E-state index in [1.807, 2.05) is 6.08 Å². The molecular weight excluding hydrogens is 128 g/mol. The molecule has 0 bridgehead atoms. The molecule has 0 fully saturated rings. The highest BCUT2D eigenvalue weighted by Gasteiger charge is 1.81. The Morgan fingerprint density at radius 1 is 1.50 bits per heavy atom. The second-order valence-electron chi connectivity index (χ2n) is 2.03. The molecule has 0 aromatic carbocycles. The van der Waals surface area contributed by atoms with Crippen molar-refractivity contribution in [3.8, 4) is 0 Å². The third-order valence-corrected chi connectivity index (χ3v) is 1.04. The van der Waals surface area contributed by atoms with E-state index in [-0.39, 0.29) is 12.4 Å². The average molecular weight is 142 g/mol. The van der Waals surface area contributed by atoms with Gasteiger partial charge in [-0.1, -0.05) is 25.5 Å². The summed E-state index contributed by atoms with van der Waals surface area (Å²) in [4.78, 5) is 0. The molecule has 0 unspecified atom stereocenters. The van der Waals surface area contributed by atoms with Crippen LogP contribution >= 0.6 is 0 Å². The van der Waals surface area contributed by atoms with Gasteiger partial charge in [0, 0.05) is 0 Å². The summed E-state index contributed by atoms with van der Waals surface area (Å²) in [6.07, 6.45) is 7.30. The van der Waals surface area contributed by atoms with E-state index >= 15 is 0 Å². The first-order valence-corrected chi connectivity index (χ1v) is 3.46. The predicted octanol–water partition coefficient (Wildman–Crippen LogP) is 1.78. The van der Waals surface area contributed by atoms with Gasteiger partial charge in [0.2, 0.25) is 0 Å². The first kappa shape index (κ1) is 9.24. The minimum absolute atomic E-state index is 0.00681. The van der Waals surface area contributed by atoms with Crippen LogP contribution in [0.2, 0.25) is 0 Å². The highest BCUT2D eigenvalue weighted by Crippen LogP contribution is 1.91. The molecule has 0 rings (SSSR count). The maximum absolute atomic E-state index is 8.72. The van der Waals surface area contributed by atoms with Crippen molar-refractivity contribution in [2.45, 2.75) is 19.8 Å². The Balaban J connectivity index is 3.49. The van der Waals surface area contributed by atoms with Crippen LogP contribution in [-0.2, 0) is 0 Å². The second-order valence-corrected chi connectivity index (χ2v) is 2.03. The van der Waals surface area contributed by atoms with E-state index in [0.717, 1.165) is 12.8 Å². The van der Waals surface area contributed by atoms with E-state index in [1.54, 1.807) is 6.08 Å². The molecule has 0 saturated carbocycles. The van der Waals surface area contributed by atoms with E-state index in [0.29, 0.717) is 0 Å². The van der Waals surface area contributed by atoms with Gasteiger partial charge in [-0.05, 0) is 12.5 Å². The van der Waals surface area contributed by atoms with Crippen LogP contribution in [0, 0.1) is 0 Å². The quantitative estimate of drug-likeness (QED) is 0.464. The molecule has 58 valence electrons. The van der Waals surface area contributed by atoms with Gasteiger partial charge in [-0.3, -0.25) is 0 Å². The van der Waals surface area contributed by atoms with E-state index < -0.39 is 0 Å². The van der Waals surface area contributed by atoms with Crippen molar-refractivity contribution in [3.63, 3.8) is 0 Å². The van der Waals surface area contributed by atoms with Crippen LogP contribution in [0.25, 0.3) is 0 Å². The van der Waals surface area contributed by atoms with Gasteiger partial charge in [0.15, 0.2) is 0 Å². The van der Waals surface area contributed by atoms with Crippen molar-refractivity contribution in [3.05, 3.63) is 24.0 Å². The summed E-state index contributed by atoms with van der Waals surface area (Å²) < 4.78 is 0. The highest BCUT2D eigenvalue weighted by atomic mass is 16.3. The van der Waals surface area contributed by atoms with E-state index in [1.165, 1.54) is 6.08 Å². The molecule has 0 aliphatic carbocycles. The van der Waals surface area contributed by atoms with Crippen LogP contribution in [0.15, 0.2) is 24.0 Å². The molecule has 0 amide bonds. The lowest BCUT2D eigenvalue weighted by Crippen LogP contribution is -1.85. The zero-order valence-corrected chi connectivity index (χ0v) is 6.25. The summed E-state index contributed by atoms with van der Waals surface area (Å²) in [6.45, 7) is 1.80. The number of aliphatic hydroxyl groups excluding tert-OH is 2. The standard InChI is InChI=1S/C8H14O2/c1-2-3-4-5-6-8(10)7-9/h4-6,9-10H,2-3,7H2,1H3. The minimum Gasteiger partial charge on any atom is -0.510 e. The molecule has 0 aromatic rings. The Morgan fingerprint density at radius 3 is 2.70 bits per heavy atom. The number of allylic oxidation sites excluding steroid dienone is 3. The van der Waals surface area contributed by atoms with Crippen LogP contribution in [0.1, 0.15) is 19.8 Å². The average Bonchev–Trinajstić information content (AvgIpc) is 1.98. The van der Waals surface area contributed by atoms with Crippen LogP contribution in [0.4, 0.5) is 0 Å². The zero-order valence-electron chi connectivity index (χ0n) is 6.25. The first-order valence-electron chi connectivity index (χ1n) is 3.46. The number of hydrogen-bond acceptors (Lipinski definition) is 2. The summed E-state index contributed by atoms with van der Waals surface area (Å²) in [5, 5.41) is 17.1. The van der Waals surface area contributed by atoms with Gasteiger partial charge in [0.25, 0.3) is 0 Å². The fraction of sp³-hybridized carbons (Fsp3) is 0.500. The van der Waals surface area contributed by atoms with Gasteiger partial charge in [0.05, 0.1) is 0 Å². The molecule has 2 heteroatoms. The fourth-order valence-electron chi connectivity index (χ4n) is 0.495. The van der Waals surface area contributed by atoms with Gasteiger partial charge >= 0.3 is 0 Å². The SMILES string of the molecule is CCCC=CC=C(O)CO. The van der Waals surface area contributed by atoms with Crippen LogP contribution in [-0.4, -0.2) is 16.8 Å². The molecule has 0 radical (unpaired) electrons. The smallest absolute Gasteiger partial charge is 0.118 e. The lowest BCUT2D eigenvalue weighted by atomic mass is 10.3. The normalized spacial score (nSPS) is 12.8. The molecular formula is C8H14O2. The summed E-state index contributed by atoms with van der Waals surface area (Å²) in [6, 6.07) is 0. The fourth-order valence-corrected chi connectivity index (χ4v) is 0.495. The predicted molar refractivity (Wildman–Crippen MR) is 41.8 cm³/mol. The first-order chi connectivity index (χ1) is 4.81. The Hall–Kier alpha value is -0.760. The maximum atomic E-state index is 8.72. The zero-order chi connectivity index (χ0) is 7.82. The largest absolute Gasteiger partial charge is 0.510 e. The maximum Gasteiger partial charge on any atom is 0.118 e. The number of aliphatic hydroxyl groups is 2. The lowest BCUT2D eigenvalue weighted by molar-refractivity contribution is 0.253. The van der Waals surface area contributed by atoms with Gasteiger partial charge in [0.1, 0.15) is 12.4 Å². The van der Waals surface area contributed by atoms with Gasteiger partial charge < -0.3 is 10.2 Å². The molecule has 10 heavy (non-hydrogen) atoms. The van der Waals surface area contributed by atoms with Crippen LogP contribution in [0.5, 0.6) is 0 Å². The number of unbranched alkanes of at least 4 members (excludes halogenated alkanes) is 1. The molecule has 2 nitrogen and oxygen atoms in total. The van der Waals surface area contributed by atoms with Crippen LogP contribution in [0.3, 0.4) is 0 Å². The topological polar surface area (TPSA) is 40.5 Å². The van der Waals surface area contributed by atoms with Crippen molar-refractivity contribution in [1.82, 2.24) is 0 Å². The molecule has 2 N–H and O–H groups in total. The van der Waals surface area contributed by atoms with Gasteiger partial charge in [-0.2, -0.15) is 0 Å². The third-order valence-electron chi connectivity index (χ3n) is 1.04. The summed E-state index contributed by atoms with van der Waals surface area (Å²) >= 11 is 0. The number of rotatable bonds is 4. The van der Waals surface area contributed by atoms with Crippen LogP contribution < -0.4 is 0 Å². The van der Waals surface area contributed by atoms with Crippen molar-refractivity contribution in [2.24, 2.45) is 0 Å². The minimum atomic E-state index is -0.281. The molecule has 0 spiro atoms. The van der Waals surface area contributed by atoms with Gasteiger partial charge in [-0.25, -0.2) is 0 Å². The summed E-state index contributed by atoms with van der Waals surface area (Å²) in [7, 11) is 0. The van der Waals surface area contributed by atoms with Crippen molar-refractivity contribution < 1.29 is 10.2 Å². The number of hydrogen-bond donors (Lipinski definition) is 2. The molecule has 0 saturated heterocycles. The third kappa shape index (κ3) is 5.38. The Morgan fingerprint density at radius 2 is 2.20 bits per heavy atom. The van der Waals surface area contributed by atoms with Gasteiger partial charge in [-0.15, -0.1) is 0 Å². The molecule has 0 aliphatic rings. The highest BCUT2D eigenvalue weighted by molar-refractivity contribution is 5.06. The molecule has 0 aliphatic heterocycles. The van der Waals surface area contributed by atoms with Crippen molar-refractivity contribution >= 4 is 0 Å². The summed E-state index contributed by atoms with van der Waals surface area (Å²) in [5.74, 6) is 0.00681. The molecule has 0 heterocycles. The summed E-state index contributed by atoms with van der Waals surface area (Å²) in [5.41, 5.74) is 0. The Bertz CT molecular complexity index is 125. The molecule has 0 atom stereocenters. The van der Waals surface area contributed by atoms with Crippen molar-refractivity contribution in [1.29, 1.82) is 0 Å². The molecule has 0 aromatic heterocycles. The second kappa shape index (κ2) is 6.36. The lowest BCUT2D eigenvalue weighted by Gasteiger charge is -1.87. The van der Waals surface area contributed by atoms with E-state index in [2.05, 4.69) is 6.92 Å². The Labute approximate surface area is 61.5 Å². The Kier molecular flexibility index (Phi) is 5.88. The van der Waals surface area contributed by atoms with E-state index in [9.17, 15) is 0 Å². The van der Waals surface area contributed by atoms with Crippen molar-refractivity contribution in [2.75, 3.05) is 6.61 Å². The monoisotopic (exact) mass is 142 g/mol. The van der Waals surface area contributed by atoms with E-state index in [4.69, 9.17) is 10.2 Å².